The van der Waals surface area contributed by atoms with E-state index in [1.165, 1.54) is 54.6 Å². The van der Waals surface area contributed by atoms with Crippen molar-refractivity contribution in [3.63, 3.8) is 0 Å². The summed E-state index contributed by atoms with van der Waals surface area (Å²) in [6, 6.07) is 4.80. The molecule has 0 radical (unpaired) electrons. The molecule has 1 saturated heterocycles. The van der Waals surface area contributed by atoms with Gasteiger partial charge in [0.25, 0.3) is 0 Å². The predicted octanol–water partition coefficient (Wildman–Crippen LogP) is 3.33. The fourth-order valence-electron chi connectivity index (χ4n) is 4.16. The summed E-state index contributed by atoms with van der Waals surface area (Å²) >= 11 is 1.80. The minimum absolute atomic E-state index is 0.470. The van der Waals surface area contributed by atoms with Gasteiger partial charge in [0.05, 0.1) is 0 Å². The molecule has 0 spiro atoms. The van der Waals surface area contributed by atoms with Crippen molar-refractivity contribution in [2.75, 3.05) is 37.6 Å². The molecule has 0 aromatic carbocycles. The van der Waals surface area contributed by atoms with Crippen molar-refractivity contribution < 1.29 is 0 Å². The first-order chi connectivity index (χ1) is 11.8. The smallest absolute Gasteiger partial charge is 0.137 e. The standard InChI is InChI=1S/C19H28N4S/c20-16-3-1-15(2-4-16)6-9-22-10-12-23(13-11-22)19-17-7-14-24-18(17)5-8-21-19/h5,7-8,14-16H,1-4,6,9-13,20H2. The number of thiophene rings is 1. The largest absolute Gasteiger partial charge is 0.354 e. The molecule has 1 aliphatic carbocycles. The molecule has 1 aliphatic heterocycles. The maximum absolute atomic E-state index is 6.02. The molecule has 0 bridgehead atoms. The molecule has 24 heavy (non-hydrogen) atoms. The van der Waals surface area contributed by atoms with Gasteiger partial charge in [-0.3, -0.25) is 4.90 Å². The first-order valence-electron chi connectivity index (χ1n) is 9.34. The molecule has 0 atom stereocenters. The van der Waals surface area contributed by atoms with Crippen molar-refractivity contribution in [1.29, 1.82) is 0 Å². The quantitative estimate of drug-likeness (QED) is 0.924. The summed E-state index contributed by atoms with van der Waals surface area (Å²) in [5.41, 5.74) is 6.02. The summed E-state index contributed by atoms with van der Waals surface area (Å²) in [5.74, 6) is 2.08. The molecule has 2 aliphatic rings. The number of fused-ring (bicyclic) bond motifs is 1. The molecular weight excluding hydrogens is 316 g/mol. The first kappa shape index (κ1) is 16.3. The Labute approximate surface area is 148 Å². The van der Waals surface area contributed by atoms with Crippen LogP contribution in [-0.4, -0.2) is 48.6 Å². The van der Waals surface area contributed by atoms with E-state index in [9.17, 15) is 0 Å². The van der Waals surface area contributed by atoms with Gasteiger partial charge in [-0.1, -0.05) is 0 Å². The average Bonchev–Trinajstić information content (AvgIpc) is 3.10. The normalized spacial score (nSPS) is 26.1. The van der Waals surface area contributed by atoms with Gasteiger partial charge in [0.1, 0.15) is 5.82 Å². The highest BCUT2D eigenvalue weighted by Crippen LogP contribution is 2.29. The van der Waals surface area contributed by atoms with Crippen LogP contribution in [0.25, 0.3) is 10.1 Å². The van der Waals surface area contributed by atoms with E-state index < -0.39 is 0 Å². The van der Waals surface area contributed by atoms with Crippen LogP contribution in [-0.2, 0) is 0 Å². The zero-order chi connectivity index (χ0) is 16.4. The number of pyridine rings is 1. The molecule has 4 rings (SSSR count). The molecule has 4 nitrogen and oxygen atoms in total. The van der Waals surface area contributed by atoms with Crippen molar-refractivity contribution in [3.05, 3.63) is 23.7 Å². The number of nitrogens with two attached hydrogens (primary N) is 1. The van der Waals surface area contributed by atoms with E-state index in [-0.39, 0.29) is 0 Å². The fraction of sp³-hybridized carbons (Fsp3) is 0.632. The third-order valence-corrected chi connectivity index (χ3v) is 6.66. The third-order valence-electron chi connectivity index (χ3n) is 5.78. The van der Waals surface area contributed by atoms with Crippen LogP contribution in [0, 0.1) is 5.92 Å². The van der Waals surface area contributed by atoms with E-state index in [2.05, 4.69) is 32.3 Å². The number of aromatic nitrogens is 1. The van der Waals surface area contributed by atoms with Crippen molar-refractivity contribution in [2.24, 2.45) is 11.7 Å². The van der Waals surface area contributed by atoms with E-state index >= 15 is 0 Å². The van der Waals surface area contributed by atoms with Crippen LogP contribution in [0.15, 0.2) is 23.7 Å². The number of anilines is 1. The summed E-state index contributed by atoms with van der Waals surface area (Å²) < 4.78 is 1.35. The van der Waals surface area contributed by atoms with Gasteiger partial charge in [-0.25, -0.2) is 4.98 Å². The zero-order valence-corrected chi connectivity index (χ0v) is 15.2. The molecule has 0 amide bonds. The Morgan fingerprint density at radius 1 is 1.08 bits per heavy atom. The third kappa shape index (κ3) is 3.58. The Morgan fingerprint density at radius 3 is 2.67 bits per heavy atom. The van der Waals surface area contributed by atoms with E-state index in [0.29, 0.717) is 6.04 Å². The van der Waals surface area contributed by atoms with Gasteiger partial charge in [-0.15, -0.1) is 11.3 Å². The lowest BCUT2D eigenvalue weighted by atomic mass is 9.84. The number of piperazine rings is 1. The molecule has 2 aromatic rings. The maximum Gasteiger partial charge on any atom is 0.137 e. The Bertz CT molecular complexity index is 654. The van der Waals surface area contributed by atoms with Gasteiger partial charge >= 0.3 is 0 Å². The highest BCUT2D eigenvalue weighted by Gasteiger charge is 2.22. The predicted molar refractivity (Wildman–Crippen MR) is 103 cm³/mol. The van der Waals surface area contributed by atoms with E-state index in [1.54, 1.807) is 11.3 Å². The SMILES string of the molecule is NC1CCC(CCN2CCN(c3nccc4sccc34)CC2)CC1. The number of rotatable bonds is 4. The lowest BCUT2D eigenvalue weighted by Crippen LogP contribution is -2.47. The second-order valence-electron chi connectivity index (χ2n) is 7.37. The van der Waals surface area contributed by atoms with Gasteiger partial charge in [-0.2, -0.15) is 0 Å². The number of nitrogens with zero attached hydrogens (tertiary/aromatic N) is 3. The van der Waals surface area contributed by atoms with Crippen LogP contribution in [0.2, 0.25) is 0 Å². The summed E-state index contributed by atoms with van der Waals surface area (Å²) in [5, 5.41) is 3.48. The van der Waals surface area contributed by atoms with Crippen LogP contribution in [0.4, 0.5) is 5.82 Å². The monoisotopic (exact) mass is 344 g/mol. The molecule has 1 saturated carbocycles. The maximum atomic E-state index is 6.02. The van der Waals surface area contributed by atoms with Gasteiger partial charge in [0, 0.05) is 48.5 Å². The van der Waals surface area contributed by atoms with Crippen LogP contribution in [0.5, 0.6) is 0 Å². The highest BCUT2D eigenvalue weighted by atomic mass is 32.1. The number of hydrogen-bond donors (Lipinski definition) is 1. The van der Waals surface area contributed by atoms with Crippen LogP contribution < -0.4 is 10.6 Å². The first-order valence-corrected chi connectivity index (χ1v) is 10.2. The number of hydrogen-bond acceptors (Lipinski definition) is 5. The Balaban J connectivity index is 1.28. The molecule has 2 aromatic heterocycles. The van der Waals surface area contributed by atoms with Gasteiger partial charge < -0.3 is 10.6 Å². The summed E-state index contributed by atoms with van der Waals surface area (Å²) in [4.78, 5) is 9.76. The van der Waals surface area contributed by atoms with Gasteiger partial charge in [-0.05, 0) is 62.1 Å². The molecular formula is C19H28N4S. The van der Waals surface area contributed by atoms with Crippen molar-refractivity contribution in [3.8, 4) is 0 Å². The Kier molecular flexibility index (Phi) is 5.01. The fourth-order valence-corrected chi connectivity index (χ4v) is 4.93. The minimum Gasteiger partial charge on any atom is -0.354 e. The van der Waals surface area contributed by atoms with Crippen LogP contribution >= 0.6 is 11.3 Å². The molecule has 0 unspecified atom stereocenters. The molecule has 5 heteroatoms. The van der Waals surface area contributed by atoms with Crippen LogP contribution in [0.3, 0.4) is 0 Å². The average molecular weight is 345 g/mol. The van der Waals surface area contributed by atoms with Crippen molar-refractivity contribution in [1.82, 2.24) is 9.88 Å². The summed E-state index contributed by atoms with van der Waals surface area (Å²) in [7, 11) is 0. The summed E-state index contributed by atoms with van der Waals surface area (Å²) in [6.07, 6.45) is 8.44. The Hall–Kier alpha value is -1.17. The highest BCUT2D eigenvalue weighted by molar-refractivity contribution is 7.17. The second-order valence-corrected chi connectivity index (χ2v) is 8.31. The van der Waals surface area contributed by atoms with E-state index in [0.717, 1.165) is 32.1 Å². The Morgan fingerprint density at radius 2 is 1.88 bits per heavy atom. The van der Waals surface area contributed by atoms with Crippen molar-refractivity contribution >= 4 is 27.2 Å². The van der Waals surface area contributed by atoms with Gasteiger partial charge in [0.2, 0.25) is 0 Å². The lowest BCUT2D eigenvalue weighted by molar-refractivity contribution is 0.216. The molecule has 130 valence electrons. The lowest BCUT2D eigenvalue weighted by Gasteiger charge is -2.36. The molecule has 3 heterocycles. The van der Waals surface area contributed by atoms with Crippen LogP contribution in [0.1, 0.15) is 32.1 Å². The van der Waals surface area contributed by atoms with E-state index in [4.69, 9.17) is 5.73 Å². The van der Waals surface area contributed by atoms with E-state index in [1.807, 2.05) is 6.20 Å². The molecule has 2 N–H and O–H groups in total. The summed E-state index contributed by atoms with van der Waals surface area (Å²) in [6.45, 7) is 5.77. The molecule has 2 fully saturated rings. The minimum atomic E-state index is 0.470. The van der Waals surface area contributed by atoms with Gasteiger partial charge in [0.15, 0.2) is 0 Å². The zero-order valence-electron chi connectivity index (χ0n) is 14.4. The topological polar surface area (TPSA) is 45.4 Å². The second kappa shape index (κ2) is 7.38. The van der Waals surface area contributed by atoms with Crippen molar-refractivity contribution in [2.45, 2.75) is 38.1 Å².